The molecule has 1 fully saturated rings. The van der Waals surface area contributed by atoms with Crippen molar-refractivity contribution in [3.63, 3.8) is 0 Å². The van der Waals surface area contributed by atoms with E-state index in [1.54, 1.807) is 50.5 Å². The van der Waals surface area contributed by atoms with Gasteiger partial charge in [0.15, 0.2) is 0 Å². The molecule has 4 rings (SSSR count). The molecule has 43 heavy (non-hydrogen) atoms. The number of carbonyl (C=O) groups excluding carboxylic acids is 2. The van der Waals surface area contributed by atoms with Crippen molar-refractivity contribution in [2.45, 2.75) is 51.1 Å². The number of nitrogens with one attached hydrogen (secondary N) is 2. The normalized spacial score (nSPS) is 14.1. The van der Waals surface area contributed by atoms with Crippen LogP contribution in [0.15, 0.2) is 82.7 Å². The maximum absolute atomic E-state index is 14.6. The zero-order valence-corrected chi connectivity index (χ0v) is 24.5. The van der Waals surface area contributed by atoms with Gasteiger partial charge in [0.25, 0.3) is 11.8 Å². The van der Waals surface area contributed by atoms with E-state index in [1.807, 2.05) is 19.1 Å². The van der Waals surface area contributed by atoms with Crippen LogP contribution in [0.5, 0.6) is 0 Å². The first kappa shape index (κ1) is 30.7. The molecule has 0 spiro atoms. The average molecular weight is 577 g/mol. The number of oxazole rings is 1. The Balaban J connectivity index is 1.38. The molecule has 2 N–H and O–H groups in total. The van der Waals surface area contributed by atoms with Crippen LogP contribution in [0, 0.1) is 29.5 Å². The van der Waals surface area contributed by atoms with Crippen molar-refractivity contribution >= 4 is 23.5 Å². The summed E-state index contributed by atoms with van der Waals surface area (Å²) in [5, 5.41) is 5.71. The van der Waals surface area contributed by atoms with Crippen molar-refractivity contribution in [1.82, 2.24) is 15.6 Å². The third-order valence-corrected chi connectivity index (χ3v) is 7.10. The molecule has 2 aromatic carbocycles. The molecule has 1 amide bonds. The number of hydrogen-bond acceptors (Lipinski definition) is 6. The summed E-state index contributed by atoms with van der Waals surface area (Å²) in [5.74, 6) is 10.7. The Morgan fingerprint density at radius 1 is 1.26 bits per heavy atom. The zero-order chi connectivity index (χ0) is 30.8. The predicted molar refractivity (Wildman–Crippen MR) is 166 cm³/mol. The molecule has 218 valence electrons. The number of amides is 1. The molecule has 0 saturated heterocycles. The predicted octanol–water partition coefficient (Wildman–Crippen LogP) is 5.39. The highest BCUT2D eigenvalue weighted by Crippen LogP contribution is 2.51. The molecule has 0 radical (unpaired) electrons. The Bertz CT molecular complexity index is 1690. The molecule has 1 heterocycles. The Hall–Kier alpha value is -5.21. The van der Waals surface area contributed by atoms with E-state index in [1.165, 1.54) is 18.5 Å². The Kier molecular flexibility index (Phi) is 10.1. The van der Waals surface area contributed by atoms with Crippen LogP contribution in [0.2, 0.25) is 0 Å². The monoisotopic (exact) mass is 576 g/mol. The summed E-state index contributed by atoms with van der Waals surface area (Å²) < 4.78 is 19.6. The lowest BCUT2D eigenvalue weighted by Gasteiger charge is -2.15. The number of aromatic nitrogens is 1. The van der Waals surface area contributed by atoms with Crippen LogP contribution in [-0.2, 0) is 16.8 Å². The summed E-state index contributed by atoms with van der Waals surface area (Å²) in [7, 11) is 1.68. The highest BCUT2D eigenvalue weighted by molar-refractivity contribution is 6.10. The number of aliphatic imine (C=N–C) groups is 1. The quantitative estimate of drug-likeness (QED) is 0.111. The maximum atomic E-state index is 14.6. The molecular weight excluding hydrogens is 543 g/mol. The molecule has 1 aromatic heterocycles. The summed E-state index contributed by atoms with van der Waals surface area (Å²) in [6.07, 6.45) is 8.72. The van der Waals surface area contributed by atoms with E-state index in [0.717, 1.165) is 29.5 Å². The fourth-order valence-electron chi connectivity index (χ4n) is 4.59. The van der Waals surface area contributed by atoms with E-state index in [-0.39, 0.29) is 41.2 Å². The van der Waals surface area contributed by atoms with Gasteiger partial charge in [-0.25, -0.2) is 9.37 Å². The van der Waals surface area contributed by atoms with Crippen LogP contribution in [0.25, 0.3) is 5.57 Å². The maximum Gasteiger partial charge on any atom is 0.273 e. The SMILES string of the molecule is C=C(N[C@@H](C)C#Cc1ncco1)C(=O)NCc1ccccc1C(=O)C#CCC1(c2cc(F)cc(C(/C=N\C)=C/C)c2)CC1. The highest BCUT2D eigenvalue weighted by atomic mass is 19.1. The molecular formula is C35H33FN4O3. The van der Waals surface area contributed by atoms with E-state index < -0.39 is 5.91 Å². The molecule has 0 unspecified atom stereocenters. The molecule has 3 aromatic rings. The lowest BCUT2D eigenvalue weighted by atomic mass is 9.89. The van der Waals surface area contributed by atoms with Crippen LogP contribution in [0.3, 0.4) is 0 Å². The second-order valence-electron chi connectivity index (χ2n) is 10.2. The summed E-state index contributed by atoms with van der Waals surface area (Å²) in [6.45, 7) is 7.57. The second kappa shape index (κ2) is 14.1. The van der Waals surface area contributed by atoms with Crippen molar-refractivity contribution in [1.29, 1.82) is 0 Å². The Morgan fingerprint density at radius 3 is 2.74 bits per heavy atom. The topological polar surface area (TPSA) is 96.6 Å². The number of hydrogen-bond donors (Lipinski definition) is 2. The number of halogens is 1. The Labute approximate surface area is 251 Å². The van der Waals surface area contributed by atoms with Crippen molar-refractivity contribution < 1.29 is 18.4 Å². The number of allylic oxidation sites excluding steroid dienone is 2. The van der Waals surface area contributed by atoms with E-state index in [4.69, 9.17) is 4.42 Å². The Morgan fingerprint density at radius 2 is 2.05 bits per heavy atom. The zero-order valence-electron chi connectivity index (χ0n) is 24.5. The molecule has 0 aliphatic heterocycles. The number of Topliss-reactive ketones (excluding diaryl/α,β-unsaturated/α-hetero) is 1. The van der Waals surface area contributed by atoms with E-state index >= 15 is 0 Å². The summed E-state index contributed by atoms with van der Waals surface area (Å²) in [4.78, 5) is 33.7. The van der Waals surface area contributed by atoms with Crippen LogP contribution >= 0.6 is 0 Å². The third-order valence-electron chi connectivity index (χ3n) is 7.10. The first-order chi connectivity index (χ1) is 20.7. The lowest BCUT2D eigenvalue weighted by molar-refractivity contribution is -0.118. The van der Waals surface area contributed by atoms with Gasteiger partial charge in [-0.3, -0.25) is 14.6 Å². The summed E-state index contributed by atoms with van der Waals surface area (Å²) in [5.41, 5.74) is 3.39. The molecule has 8 heteroatoms. The van der Waals surface area contributed by atoms with Crippen molar-refractivity contribution in [2.24, 2.45) is 4.99 Å². The van der Waals surface area contributed by atoms with E-state index in [9.17, 15) is 14.0 Å². The number of ketones is 1. The molecule has 1 aliphatic rings. The molecule has 0 bridgehead atoms. The van der Waals surface area contributed by atoms with E-state index in [2.05, 4.69) is 50.9 Å². The van der Waals surface area contributed by atoms with Crippen LogP contribution in [-0.4, -0.2) is 36.0 Å². The minimum Gasteiger partial charge on any atom is -0.439 e. The third kappa shape index (κ3) is 8.18. The summed E-state index contributed by atoms with van der Waals surface area (Å²) in [6, 6.07) is 11.7. The average Bonchev–Trinajstić information content (AvgIpc) is 3.60. The first-order valence-electron chi connectivity index (χ1n) is 13.9. The molecule has 1 saturated carbocycles. The van der Waals surface area contributed by atoms with Gasteiger partial charge in [-0.1, -0.05) is 54.8 Å². The van der Waals surface area contributed by atoms with Gasteiger partial charge >= 0.3 is 0 Å². The largest absolute Gasteiger partial charge is 0.439 e. The van der Waals surface area contributed by atoms with Gasteiger partial charge in [-0.05, 0) is 72.9 Å². The number of carbonyl (C=O) groups is 2. The molecule has 1 atom stereocenters. The van der Waals surface area contributed by atoms with Crippen molar-refractivity contribution in [3.8, 4) is 23.7 Å². The minimum absolute atomic E-state index is 0.115. The van der Waals surface area contributed by atoms with E-state index in [0.29, 0.717) is 17.5 Å². The fourth-order valence-corrected chi connectivity index (χ4v) is 4.59. The number of nitrogens with zero attached hydrogens (tertiary/aromatic N) is 2. The van der Waals surface area contributed by atoms with Gasteiger partial charge in [0, 0.05) is 37.2 Å². The van der Waals surface area contributed by atoms with Gasteiger partial charge in [-0.2, -0.15) is 0 Å². The molecule has 1 aliphatic carbocycles. The van der Waals surface area contributed by atoms with Crippen molar-refractivity contribution in [2.75, 3.05) is 7.05 Å². The smallest absolute Gasteiger partial charge is 0.273 e. The first-order valence-corrected chi connectivity index (χ1v) is 13.9. The minimum atomic E-state index is -0.422. The van der Waals surface area contributed by atoms with Crippen LogP contribution < -0.4 is 10.6 Å². The standard InChI is InChI=1S/C35H33FN4O3/c1-5-26(22-37-4)28-19-29(21-30(36)20-28)35(15-16-35)14-8-11-32(41)31-10-7-6-9-27(31)23-39-34(42)25(3)40-24(2)12-13-33-38-17-18-43-33/h5-7,9-10,17-22,24,40H,3,14-16,23H2,1-2,4H3,(H,39,42)/b26-5+,37-22-/t24-/m0/s1. The molecule has 7 nitrogen and oxygen atoms in total. The highest BCUT2D eigenvalue weighted by Gasteiger charge is 2.44. The van der Waals surface area contributed by atoms with Gasteiger partial charge in [0.2, 0.25) is 5.78 Å². The van der Waals surface area contributed by atoms with Crippen molar-refractivity contribution in [3.05, 3.63) is 107 Å². The van der Waals surface area contributed by atoms with Crippen LogP contribution in [0.1, 0.15) is 66.0 Å². The van der Waals surface area contributed by atoms with Gasteiger partial charge < -0.3 is 15.1 Å². The lowest BCUT2D eigenvalue weighted by Crippen LogP contribution is -2.34. The van der Waals surface area contributed by atoms with Crippen LogP contribution in [0.4, 0.5) is 4.39 Å². The summed E-state index contributed by atoms with van der Waals surface area (Å²) >= 11 is 0. The van der Waals surface area contributed by atoms with Gasteiger partial charge in [0.1, 0.15) is 12.1 Å². The second-order valence-corrected chi connectivity index (χ2v) is 10.2. The van der Waals surface area contributed by atoms with Gasteiger partial charge in [-0.15, -0.1) is 0 Å². The fraction of sp³-hybridized carbons (Fsp3) is 0.257. The number of benzene rings is 2. The number of rotatable bonds is 10. The van der Waals surface area contributed by atoms with Gasteiger partial charge in [0.05, 0.1) is 17.9 Å².